The highest BCUT2D eigenvalue weighted by atomic mass is 32.1. The fraction of sp³-hybridized carbons (Fsp3) is 0.417. The van der Waals surface area contributed by atoms with Crippen molar-refractivity contribution in [2.24, 2.45) is 0 Å². The third kappa shape index (κ3) is 2.79. The molecule has 0 aromatic carbocycles. The van der Waals surface area contributed by atoms with Gasteiger partial charge in [0.25, 0.3) is 0 Å². The smallest absolute Gasteiger partial charge is 0.188 e. The van der Waals surface area contributed by atoms with Crippen molar-refractivity contribution in [2.45, 2.75) is 32.7 Å². The first-order chi connectivity index (χ1) is 8.20. The van der Waals surface area contributed by atoms with E-state index in [1.165, 1.54) is 11.3 Å². The Kier molecular flexibility index (Phi) is 3.68. The monoisotopic (exact) mass is 249 g/mol. The zero-order valence-electron chi connectivity index (χ0n) is 9.96. The van der Waals surface area contributed by atoms with Crippen LogP contribution in [-0.4, -0.2) is 20.5 Å². The van der Waals surface area contributed by atoms with Crippen molar-refractivity contribution in [1.82, 2.24) is 14.8 Å². The van der Waals surface area contributed by atoms with Crippen molar-refractivity contribution in [2.75, 3.05) is 0 Å². The molecule has 2 aromatic rings. The van der Waals surface area contributed by atoms with E-state index < -0.39 is 0 Å². The van der Waals surface area contributed by atoms with Crippen LogP contribution in [0.2, 0.25) is 0 Å². The van der Waals surface area contributed by atoms with E-state index >= 15 is 0 Å². The molecule has 5 heteroatoms. The lowest BCUT2D eigenvalue weighted by atomic mass is 10.2. The Balaban J connectivity index is 2.04. The molecule has 0 aliphatic carbocycles. The van der Waals surface area contributed by atoms with Crippen LogP contribution >= 0.6 is 11.3 Å². The van der Waals surface area contributed by atoms with Crippen LogP contribution in [0, 0.1) is 0 Å². The Morgan fingerprint density at radius 2 is 2.41 bits per heavy atom. The number of hydrogen-bond donors (Lipinski definition) is 0. The van der Waals surface area contributed by atoms with Crippen LogP contribution in [-0.2, 0) is 6.42 Å². The first kappa shape index (κ1) is 12.0. The average Bonchev–Trinajstić information content (AvgIpc) is 2.98. The van der Waals surface area contributed by atoms with E-state index in [-0.39, 0.29) is 5.78 Å². The predicted molar refractivity (Wildman–Crippen MR) is 67.4 cm³/mol. The lowest BCUT2D eigenvalue weighted by Gasteiger charge is -2.07. The molecule has 90 valence electrons. The summed E-state index contributed by atoms with van der Waals surface area (Å²) < 4.78 is 1.91. The second-order valence-corrected chi connectivity index (χ2v) is 4.74. The predicted octanol–water partition coefficient (Wildman–Crippen LogP) is 2.74. The molecule has 0 bridgehead atoms. The highest BCUT2D eigenvalue weighted by Crippen LogP contribution is 2.11. The first-order valence-corrected chi connectivity index (χ1v) is 6.60. The average molecular weight is 249 g/mol. The van der Waals surface area contributed by atoms with Gasteiger partial charge < -0.3 is 0 Å². The molecule has 2 rings (SSSR count). The summed E-state index contributed by atoms with van der Waals surface area (Å²) in [6.45, 7) is 4.23. The van der Waals surface area contributed by atoms with Gasteiger partial charge in [-0.1, -0.05) is 6.92 Å². The van der Waals surface area contributed by atoms with Gasteiger partial charge in [-0.25, -0.2) is 4.98 Å². The van der Waals surface area contributed by atoms with E-state index in [4.69, 9.17) is 0 Å². The van der Waals surface area contributed by atoms with Crippen molar-refractivity contribution in [3.8, 4) is 0 Å². The minimum atomic E-state index is 0.0284. The van der Waals surface area contributed by atoms with Crippen molar-refractivity contribution < 1.29 is 4.79 Å². The summed E-state index contributed by atoms with van der Waals surface area (Å²) in [6.07, 6.45) is 3.28. The van der Waals surface area contributed by atoms with Crippen LogP contribution in [0.3, 0.4) is 0 Å². The third-order valence-electron chi connectivity index (χ3n) is 2.77. The molecular formula is C12H15N3OS. The molecule has 0 amide bonds. The van der Waals surface area contributed by atoms with Crippen LogP contribution in [0.15, 0.2) is 23.2 Å². The highest BCUT2D eigenvalue weighted by molar-refractivity contribution is 7.07. The molecule has 1 atom stereocenters. The maximum Gasteiger partial charge on any atom is 0.188 e. The van der Waals surface area contributed by atoms with Gasteiger partial charge in [0.05, 0.1) is 17.6 Å². The number of rotatable bonds is 5. The minimum absolute atomic E-state index is 0.0284. The van der Waals surface area contributed by atoms with Gasteiger partial charge in [-0.2, -0.15) is 5.10 Å². The van der Waals surface area contributed by atoms with E-state index in [1.54, 1.807) is 10.9 Å². The SMILES string of the molecule is CCC(C)n1ccc(CC(=O)c2cscn2)n1. The standard InChI is InChI=1S/C12H15N3OS/c1-3-9(2)15-5-4-10(14-15)6-12(16)11-7-17-8-13-11/h4-5,7-9H,3,6H2,1-2H3. The Labute approximate surface area is 104 Å². The van der Waals surface area contributed by atoms with Gasteiger partial charge in [0.1, 0.15) is 5.69 Å². The number of hydrogen-bond acceptors (Lipinski definition) is 4. The Morgan fingerprint density at radius 3 is 3.06 bits per heavy atom. The molecule has 0 spiro atoms. The van der Waals surface area contributed by atoms with Crippen LogP contribution in [0.25, 0.3) is 0 Å². The van der Waals surface area contributed by atoms with Crippen LogP contribution in [0.5, 0.6) is 0 Å². The minimum Gasteiger partial charge on any atom is -0.292 e. The van der Waals surface area contributed by atoms with Gasteiger partial charge in [-0.15, -0.1) is 11.3 Å². The first-order valence-electron chi connectivity index (χ1n) is 5.66. The molecule has 0 fully saturated rings. The van der Waals surface area contributed by atoms with E-state index in [1.807, 2.05) is 16.9 Å². The van der Waals surface area contributed by atoms with Crippen LogP contribution in [0.4, 0.5) is 0 Å². The Bertz CT molecular complexity index is 490. The normalized spacial score (nSPS) is 12.6. The lowest BCUT2D eigenvalue weighted by molar-refractivity contribution is 0.0987. The molecule has 0 N–H and O–H groups in total. The van der Waals surface area contributed by atoms with Gasteiger partial charge in [-0.3, -0.25) is 9.48 Å². The lowest BCUT2D eigenvalue weighted by Crippen LogP contribution is -2.08. The van der Waals surface area contributed by atoms with Gasteiger partial charge in [0.2, 0.25) is 0 Å². The molecule has 17 heavy (non-hydrogen) atoms. The highest BCUT2D eigenvalue weighted by Gasteiger charge is 2.12. The fourth-order valence-corrected chi connectivity index (χ4v) is 2.07. The van der Waals surface area contributed by atoms with Crippen molar-refractivity contribution in [3.05, 3.63) is 34.5 Å². The Hall–Kier alpha value is -1.49. The summed E-state index contributed by atoms with van der Waals surface area (Å²) in [5, 5.41) is 6.17. The summed E-state index contributed by atoms with van der Waals surface area (Å²) in [5.41, 5.74) is 3.02. The molecular weight excluding hydrogens is 234 g/mol. The largest absolute Gasteiger partial charge is 0.292 e. The molecule has 2 heterocycles. The van der Waals surface area contributed by atoms with E-state index in [9.17, 15) is 4.79 Å². The van der Waals surface area contributed by atoms with E-state index in [2.05, 4.69) is 23.9 Å². The molecule has 2 aromatic heterocycles. The van der Waals surface area contributed by atoms with Crippen molar-refractivity contribution in [1.29, 1.82) is 0 Å². The molecule has 0 radical (unpaired) electrons. The van der Waals surface area contributed by atoms with Gasteiger partial charge in [0, 0.05) is 17.6 Å². The molecule has 4 nitrogen and oxygen atoms in total. The van der Waals surface area contributed by atoms with Crippen molar-refractivity contribution in [3.63, 3.8) is 0 Å². The van der Waals surface area contributed by atoms with Gasteiger partial charge >= 0.3 is 0 Å². The molecule has 0 aliphatic heterocycles. The van der Waals surface area contributed by atoms with Gasteiger partial charge in [-0.05, 0) is 19.4 Å². The number of Topliss-reactive ketones (excluding diaryl/α,β-unsaturated/α-hetero) is 1. The third-order valence-corrected chi connectivity index (χ3v) is 3.35. The number of nitrogens with zero attached hydrogens (tertiary/aromatic N) is 3. The second kappa shape index (κ2) is 5.23. The topological polar surface area (TPSA) is 47.8 Å². The van der Waals surface area contributed by atoms with Crippen LogP contribution < -0.4 is 0 Å². The zero-order chi connectivity index (χ0) is 12.3. The van der Waals surface area contributed by atoms with Gasteiger partial charge in [0.15, 0.2) is 5.78 Å². The quantitative estimate of drug-likeness (QED) is 0.765. The maximum atomic E-state index is 11.8. The number of ketones is 1. The summed E-state index contributed by atoms with van der Waals surface area (Å²) >= 11 is 1.43. The summed E-state index contributed by atoms with van der Waals surface area (Å²) in [5.74, 6) is 0.0284. The Morgan fingerprint density at radius 1 is 1.59 bits per heavy atom. The zero-order valence-corrected chi connectivity index (χ0v) is 10.8. The van der Waals surface area contributed by atoms with E-state index in [0.29, 0.717) is 18.2 Å². The molecule has 1 unspecified atom stereocenters. The molecule has 0 saturated heterocycles. The summed E-state index contributed by atoms with van der Waals surface area (Å²) in [4.78, 5) is 15.8. The fourth-order valence-electron chi connectivity index (χ4n) is 1.51. The number of carbonyl (C=O) groups is 1. The number of aromatic nitrogens is 3. The van der Waals surface area contributed by atoms with Crippen molar-refractivity contribution >= 4 is 17.1 Å². The molecule has 0 aliphatic rings. The van der Waals surface area contributed by atoms with E-state index in [0.717, 1.165) is 12.1 Å². The summed E-state index contributed by atoms with van der Waals surface area (Å²) in [7, 11) is 0. The number of thiazole rings is 1. The maximum absolute atomic E-state index is 11.8. The second-order valence-electron chi connectivity index (χ2n) is 4.02. The number of carbonyl (C=O) groups excluding carboxylic acids is 1. The summed E-state index contributed by atoms with van der Waals surface area (Å²) in [6, 6.07) is 2.27. The van der Waals surface area contributed by atoms with Crippen LogP contribution in [0.1, 0.15) is 42.5 Å². The molecule has 0 saturated carbocycles.